The van der Waals surface area contributed by atoms with Crippen LogP contribution in [0.4, 0.5) is 0 Å². The van der Waals surface area contributed by atoms with E-state index < -0.39 is 11.8 Å². The summed E-state index contributed by atoms with van der Waals surface area (Å²) in [5.41, 5.74) is 2.14. The first-order valence-corrected chi connectivity index (χ1v) is 11.7. The van der Waals surface area contributed by atoms with Crippen molar-refractivity contribution in [2.75, 3.05) is 42.7 Å². The van der Waals surface area contributed by atoms with E-state index in [4.69, 9.17) is 28.4 Å². The minimum atomic E-state index is -0.454. The van der Waals surface area contributed by atoms with Crippen molar-refractivity contribution >= 4 is 23.0 Å². The lowest BCUT2D eigenvalue weighted by Gasteiger charge is -2.17. The maximum Gasteiger partial charge on any atom is 0.262 e. The third-order valence-corrected chi connectivity index (χ3v) is 6.29. The molecule has 1 heterocycles. The predicted molar refractivity (Wildman–Crippen MR) is 141 cm³/mol. The summed E-state index contributed by atoms with van der Waals surface area (Å²) in [6, 6.07) is 15.6. The summed E-state index contributed by atoms with van der Waals surface area (Å²) in [5.74, 6) is 1.79. The highest BCUT2D eigenvalue weighted by Gasteiger charge is 2.40. The second kappa shape index (κ2) is 11.2. The highest BCUT2D eigenvalue weighted by Crippen LogP contribution is 2.44. The second-order valence-electron chi connectivity index (χ2n) is 8.28. The van der Waals surface area contributed by atoms with Crippen molar-refractivity contribution in [3.05, 3.63) is 71.3 Å². The lowest BCUT2D eigenvalue weighted by atomic mass is 9.95. The van der Waals surface area contributed by atoms with Crippen LogP contribution in [0.15, 0.2) is 54.6 Å². The summed E-state index contributed by atoms with van der Waals surface area (Å²) < 4.78 is 32.5. The number of ether oxygens (including phenoxy) is 6. The molecule has 3 aromatic carbocycles. The average molecular weight is 520 g/mol. The third kappa shape index (κ3) is 4.70. The van der Waals surface area contributed by atoms with Gasteiger partial charge in [-0.15, -0.1) is 0 Å². The number of carbonyl (C=O) groups excluding carboxylic acids is 2. The Kier molecular flexibility index (Phi) is 7.76. The van der Waals surface area contributed by atoms with Crippen molar-refractivity contribution in [2.24, 2.45) is 0 Å². The smallest absolute Gasteiger partial charge is 0.262 e. The van der Waals surface area contributed by atoms with Gasteiger partial charge >= 0.3 is 0 Å². The van der Waals surface area contributed by atoms with Crippen molar-refractivity contribution in [3.8, 4) is 34.5 Å². The van der Waals surface area contributed by atoms with Gasteiger partial charge < -0.3 is 28.4 Å². The minimum absolute atomic E-state index is 0.0758. The molecule has 9 heteroatoms. The Balaban J connectivity index is 1.90. The third-order valence-electron chi connectivity index (χ3n) is 6.29. The largest absolute Gasteiger partial charge is 0.497 e. The van der Waals surface area contributed by atoms with E-state index in [-0.39, 0.29) is 17.7 Å². The number of imide groups is 1. The van der Waals surface area contributed by atoms with Gasteiger partial charge in [0.25, 0.3) is 11.8 Å². The number of benzene rings is 3. The molecule has 1 aliphatic rings. The van der Waals surface area contributed by atoms with Gasteiger partial charge in [0, 0.05) is 0 Å². The predicted octanol–water partition coefficient (Wildman–Crippen LogP) is 4.22. The Bertz CT molecular complexity index is 1370. The van der Waals surface area contributed by atoms with Crippen LogP contribution in [-0.4, -0.2) is 59.4 Å². The van der Waals surface area contributed by atoms with Crippen molar-refractivity contribution in [3.63, 3.8) is 0 Å². The number of amides is 2. The molecule has 3 aromatic rings. The highest BCUT2D eigenvalue weighted by molar-refractivity contribution is 6.49. The van der Waals surface area contributed by atoms with Gasteiger partial charge in [0.15, 0.2) is 23.0 Å². The van der Waals surface area contributed by atoms with Crippen LogP contribution in [-0.2, 0) is 16.1 Å². The average Bonchev–Trinajstić information content (AvgIpc) is 3.20. The molecule has 0 spiro atoms. The molecule has 2 amide bonds. The first-order valence-electron chi connectivity index (χ1n) is 11.7. The monoisotopic (exact) mass is 519 g/mol. The standard InChI is InChI=1S/C29H29NO8/c1-33-20-10-7-17(8-11-20)16-30-28(31)25(18-9-12-21(34-2)22(13-18)35-3)26(29(30)32)19-14-23(36-4)27(38-6)24(15-19)37-5/h7-15H,16H2,1-6H3. The molecule has 0 aliphatic carbocycles. The zero-order valence-electron chi connectivity index (χ0n) is 22.1. The van der Waals surface area contributed by atoms with Gasteiger partial charge in [0.05, 0.1) is 60.3 Å². The quantitative estimate of drug-likeness (QED) is 0.368. The highest BCUT2D eigenvalue weighted by atomic mass is 16.5. The molecule has 0 aromatic heterocycles. The van der Waals surface area contributed by atoms with E-state index in [0.717, 1.165) is 5.56 Å². The zero-order valence-corrected chi connectivity index (χ0v) is 22.1. The topological polar surface area (TPSA) is 92.8 Å². The molecule has 0 atom stereocenters. The minimum Gasteiger partial charge on any atom is -0.497 e. The zero-order chi connectivity index (χ0) is 27.4. The van der Waals surface area contributed by atoms with E-state index >= 15 is 0 Å². The summed E-state index contributed by atoms with van der Waals surface area (Å²) in [7, 11) is 9.08. The van der Waals surface area contributed by atoms with Crippen LogP contribution in [0.2, 0.25) is 0 Å². The van der Waals surface area contributed by atoms with Gasteiger partial charge in [-0.2, -0.15) is 0 Å². The van der Waals surface area contributed by atoms with Crippen LogP contribution < -0.4 is 28.4 Å². The lowest BCUT2D eigenvalue weighted by molar-refractivity contribution is -0.136. The Hall–Kier alpha value is -4.66. The van der Waals surface area contributed by atoms with Crippen LogP contribution in [0.1, 0.15) is 16.7 Å². The molecule has 0 saturated carbocycles. The Morgan fingerprint density at radius 2 is 1.08 bits per heavy atom. The van der Waals surface area contributed by atoms with Gasteiger partial charge in [-0.1, -0.05) is 18.2 Å². The molecule has 0 saturated heterocycles. The number of carbonyl (C=O) groups is 2. The molecule has 198 valence electrons. The lowest BCUT2D eigenvalue weighted by Crippen LogP contribution is -2.31. The number of methoxy groups -OCH3 is 6. The van der Waals surface area contributed by atoms with Gasteiger partial charge in [-0.3, -0.25) is 14.5 Å². The van der Waals surface area contributed by atoms with E-state index in [1.54, 1.807) is 49.6 Å². The summed E-state index contributed by atoms with van der Waals surface area (Å²) in [6.45, 7) is 0.0758. The molecule has 38 heavy (non-hydrogen) atoms. The fraction of sp³-hybridized carbons (Fsp3) is 0.241. The maximum atomic E-state index is 13.9. The van der Waals surface area contributed by atoms with Gasteiger partial charge in [-0.05, 0) is 53.1 Å². The van der Waals surface area contributed by atoms with E-state index in [1.807, 2.05) is 12.1 Å². The summed E-state index contributed by atoms with van der Waals surface area (Å²) in [6.07, 6.45) is 0. The fourth-order valence-electron chi connectivity index (χ4n) is 4.39. The Labute approximate surface area is 221 Å². The van der Waals surface area contributed by atoms with Gasteiger partial charge in [0.1, 0.15) is 5.75 Å². The summed E-state index contributed by atoms with van der Waals surface area (Å²) in [5, 5.41) is 0. The molecule has 0 N–H and O–H groups in total. The second-order valence-corrected chi connectivity index (χ2v) is 8.28. The van der Waals surface area contributed by atoms with Crippen molar-refractivity contribution in [2.45, 2.75) is 6.54 Å². The number of hydrogen-bond acceptors (Lipinski definition) is 8. The number of hydrogen-bond donors (Lipinski definition) is 0. The van der Waals surface area contributed by atoms with Crippen LogP contribution >= 0.6 is 0 Å². The molecule has 4 rings (SSSR count). The Morgan fingerprint density at radius 1 is 0.553 bits per heavy atom. The van der Waals surface area contributed by atoms with Crippen molar-refractivity contribution in [1.82, 2.24) is 4.90 Å². The molecule has 0 fully saturated rings. The normalized spacial score (nSPS) is 13.1. The van der Waals surface area contributed by atoms with Gasteiger partial charge in [0.2, 0.25) is 5.75 Å². The van der Waals surface area contributed by atoms with Crippen LogP contribution in [0.3, 0.4) is 0 Å². The van der Waals surface area contributed by atoms with Crippen molar-refractivity contribution in [1.29, 1.82) is 0 Å². The SMILES string of the molecule is COc1ccc(CN2C(=O)C(c3ccc(OC)c(OC)c3)=C(c3cc(OC)c(OC)c(OC)c3)C2=O)cc1. The number of nitrogens with zero attached hydrogens (tertiary/aromatic N) is 1. The Morgan fingerprint density at radius 3 is 1.58 bits per heavy atom. The maximum absolute atomic E-state index is 13.9. The van der Waals surface area contributed by atoms with Gasteiger partial charge in [-0.25, -0.2) is 0 Å². The summed E-state index contributed by atoms with van der Waals surface area (Å²) >= 11 is 0. The molecule has 1 aliphatic heterocycles. The summed E-state index contributed by atoms with van der Waals surface area (Å²) in [4.78, 5) is 29.0. The van der Waals surface area contributed by atoms with E-state index in [1.165, 1.54) is 40.4 Å². The van der Waals surface area contributed by atoms with E-state index in [2.05, 4.69) is 0 Å². The van der Waals surface area contributed by atoms with Crippen LogP contribution in [0.5, 0.6) is 34.5 Å². The molecule has 0 radical (unpaired) electrons. The molecular formula is C29H29NO8. The van der Waals surface area contributed by atoms with Crippen molar-refractivity contribution < 1.29 is 38.0 Å². The molecular weight excluding hydrogens is 490 g/mol. The van der Waals surface area contributed by atoms with E-state index in [0.29, 0.717) is 45.6 Å². The van der Waals surface area contributed by atoms with Crippen LogP contribution in [0, 0.1) is 0 Å². The molecule has 0 unspecified atom stereocenters. The van der Waals surface area contributed by atoms with Crippen LogP contribution in [0.25, 0.3) is 11.1 Å². The first kappa shape index (κ1) is 26.4. The van der Waals surface area contributed by atoms with E-state index in [9.17, 15) is 9.59 Å². The fourth-order valence-corrected chi connectivity index (χ4v) is 4.39. The molecule has 0 bridgehead atoms. The first-order chi connectivity index (χ1) is 18.4. The molecule has 9 nitrogen and oxygen atoms in total. The number of rotatable bonds is 10.